The van der Waals surface area contributed by atoms with Crippen LogP contribution in [0.3, 0.4) is 0 Å². The molecule has 2 aromatic rings. The molecule has 1 aromatic heterocycles. The summed E-state index contributed by atoms with van der Waals surface area (Å²) in [6, 6.07) is 5.98. The third kappa shape index (κ3) is 1.33. The van der Waals surface area contributed by atoms with Crippen LogP contribution in [0.1, 0.15) is 23.1 Å². The second-order valence-electron chi connectivity index (χ2n) is 2.94. The van der Waals surface area contributed by atoms with Gasteiger partial charge < -0.3 is 4.98 Å². The number of carbonyl (C=O) groups is 1. The highest BCUT2D eigenvalue weighted by Gasteiger charge is 2.01. The Balaban J connectivity index is 2.63. The molecule has 0 bridgehead atoms. The van der Waals surface area contributed by atoms with Crippen LogP contribution in [0.25, 0.3) is 11.0 Å². The van der Waals surface area contributed by atoms with E-state index in [4.69, 9.17) is 0 Å². The van der Waals surface area contributed by atoms with Gasteiger partial charge in [0.1, 0.15) is 0 Å². The predicted molar refractivity (Wildman–Crippen MR) is 50.9 cm³/mol. The number of hydrogen-bond donors (Lipinski definition) is 1. The molecule has 0 spiro atoms. The SMILES string of the molecule is CCc1ccc2nc(C=O)[nH]c2c1. The fourth-order valence-electron chi connectivity index (χ4n) is 1.35. The molecule has 0 aliphatic heterocycles. The van der Waals surface area contributed by atoms with Crippen molar-refractivity contribution in [2.45, 2.75) is 13.3 Å². The predicted octanol–water partition coefficient (Wildman–Crippen LogP) is 1.94. The number of hydrogen-bond acceptors (Lipinski definition) is 2. The molecule has 0 aliphatic carbocycles. The molecule has 13 heavy (non-hydrogen) atoms. The topological polar surface area (TPSA) is 45.8 Å². The lowest BCUT2D eigenvalue weighted by Gasteiger charge is -1.93. The van der Waals surface area contributed by atoms with E-state index in [2.05, 4.69) is 16.9 Å². The lowest BCUT2D eigenvalue weighted by Crippen LogP contribution is -1.79. The van der Waals surface area contributed by atoms with Gasteiger partial charge in [-0.1, -0.05) is 13.0 Å². The van der Waals surface area contributed by atoms with Crippen LogP contribution >= 0.6 is 0 Å². The number of fused-ring (bicyclic) bond motifs is 1. The lowest BCUT2D eigenvalue weighted by atomic mass is 10.1. The first kappa shape index (κ1) is 7.98. The maximum absolute atomic E-state index is 10.4. The lowest BCUT2D eigenvalue weighted by molar-refractivity contribution is 0.111. The van der Waals surface area contributed by atoms with Gasteiger partial charge in [-0.25, -0.2) is 4.98 Å². The molecule has 1 heterocycles. The minimum absolute atomic E-state index is 0.392. The average molecular weight is 174 g/mol. The number of aryl methyl sites for hydroxylation is 1. The molecular weight excluding hydrogens is 164 g/mol. The Kier molecular flexibility index (Phi) is 1.85. The molecule has 0 amide bonds. The number of aldehydes is 1. The molecular formula is C10H10N2O. The highest BCUT2D eigenvalue weighted by Crippen LogP contribution is 2.13. The molecule has 0 unspecified atom stereocenters. The van der Waals surface area contributed by atoms with E-state index in [9.17, 15) is 4.79 Å². The summed E-state index contributed by atoms with van der Waals surface area (Å²) in [4.78, 5) is 17.5. The third-order valence-electron chi connectivity index (χ3n) is 2.08. The second kappa shape index (κ2) is 3.01. The largest absolute Gasteiger partial charge is 0.336 e. The maximum Gasteiger partial charge on any atom is 0.185 e. The first-order valence-corrected chi connectivity index (χ1v) is 4.27. The summed E-state index contributed by atoms with van der Waals surface area (Å²) >= 11 is 0. The number of rotatable bonds is 2. The van der Waals surface area contributed by atoms with Gasteiger partial charge >= 0.3 is 0 Å². The van der Waals surface area contributed by atoms with E-state index in [0.717, 1.165) is 23.7 Å². The van der Waals surface area contributed by atoms with Crippen molar-refractivity contribution in [2.24, 2.45) is 0 Å². The molecule has 0 aliphatic rings. The Hall–Kier alpha value is -1.64. The Morgan fingerprint density at radius 3 is 3.08 bits per heavy atom. The molecule has 66 valence electrons. The highest BCUT2D eigenvalue weighted by atomic mass is 16.1. The molecule has 1 aromatic carbocycles. The van der Waals surface area contributed by atoms with Crippen LogP contribution in [-0.4, -0.2) is 16.3 Å². The number of carbonyl (C=O) groups excluding carboxylic acids is 1. The van der Waals surface area contributed by atoms with Gasteiger partial charge in [0.2, 0.25) is 0 Å². The van der Waals surface area contributed by atoms with Crippen molar-refractivity contribution in [3.63, 3.8) is 0 Å². The van der Waals surface area contributed by atoms with E-state index >= 15 is 0 Å². The molecule has 0 saturated heterocycles. The molecule has 0 fully saturated rings. The van der Waals surface area contributed by atoms with E-state index in [1.165, 1.54) is 5.56 Å². The zero-order valence-corrected chi connectivity index (χ0v) is 7.37. The molecule has 0 radical (unpaired) electrons. The van der Waals surface area contributed by atoms with Gasteiger partial charge in [-0.2, -0.15) is 0 Å². The van der Waals surface area contributed by atoms with Crippen LogP contribution < -0.4 is 0 Å². The van der Waals surface area contributed by atoms with Crippen molar-refractivity contribution in [1.29, 1.82) is 0 Å². The van der Waals surface area contributed by atoms with Gasteiger partial charge in [0.05, 0.1) is 11.0 Å². The summed E-state index contributed by atoms with van der Waals surface area (Å²) in [5.41, 5.74) is 3.02. The van der Waals surface area contributed by atoms with Crippen LogP contribution in [0.4, 0.5) is 0 Å². The van der Waals surface area contributed by atoms with Crippen molar-refractivity contribution < 1.29 is 4.79 Å². The molecule has 0 atom stereocenters. The second-order valence-corrected chi connectivity index (χ2v) is 2.94. The number of aromatic nitrogens is 2. The number of nitrogens with one attached hydrogen (secondary N) is 1. The summed E-state index contributed by atoms with van der Waals surface area (Å²) < 4.78 is 0. The Bertz CT molecular complexity index is 445. The normalized spacial score (nSPS) is 10.5. The molecule has 1 N–H and O–H groups in total. The van der Waals surface area contributed by atoms with Gasteiger partial charge in [-0.05, 0) is 24.1 Å². The van der Waals surface area contributed by atoms with E-state index in [1.807, 2.05) is 18.2 Å². The first-order valence-electron chi connectivity index (χ1n) is 4.27. The summed E-state index contributed by atoms with van der Waals surface area (Å²) in [6.07, 6.45) is 1.72. The summed E-state index contributed by atoms with van der Waals surface area (Å²) in [7, 11) is 0. The number of aromatic amines is 1. The Morgan fingerprint density at radius 1 is 1.54 bits per heavy atom. The third-order valence-corrected chi connectivity index (χ3v) is 2.08. The fraction of sp³-hybridized carbons (Fsp3) is 0.200. The quantitative estimate of drug-likeness (QED) is 0.707. The van der Waals surface area contributed by atoms with Crippen molar-refractivity contribution in [3.8, 4) is 0 Å². The van der Waals surface area contributed by atoms with E-state index in [0.29, 0.717) is 5.82 Å². The summed E-state index contributed by atoms with van der Waals surface area (Å²) in [6.45, 7) is 2.10. The zero-order valence-electron chi connectivity index (χ0n) is 7.37. The van der Waals surface area contributed by atoms with Crippen LogP contribution in [0.2, 0.25) is 0 Å². The first-order chi connectivity index (χ1) is 6.33. The Labute approximate surface area is 75.8 Å². The molecule has 3 nitrogen and oxygen atoms in total. The van der Waals surface area contributed by atoms with Gasteiger partial charge in [0.15, 0.2) is 12.1 Å². The van der Waals surface area contributed by atoms with Crippen LogP contribution in [-0.2, 0) is 6.42 Å². The summed E-state index contributed by atoms with van der Waals surface area (Å²) in [5.74, 6) is 0.392. The van der Waals surface area contributed by atoms with Crippen LogP contribution in [0.5, 0.6) is 0 Å². The van der Waals surface area contributed by atoms with Crippen molar-refractivity contribution in [3.05, 3.63) is 29.6 Å². The zero-order chi connectivity index (χ0) is 9.26. The number of nitrogens with zero attached hydrogens (tertiary/aromatic N) is 1. The van der Waals surface area contributed by atoms with Gasteiger partial charge in [-0.15, -0.1) is 0 Å². The standard InChI is InChI=1S/C10H10N2O/c1-2-7-3-4-8-9(5-7)12-10(6-13)11-8/h3-6H,2H2,1H3,(H,11,12). The van der Waals surface area contributed by atoms with Crippen LogP contribution in [0, 0.1) is 0 Å². The average Bonchev–Trinajstić information content (AvgIpc) is 2.58. The van der Waals surface area contributed by atoms with Crippen molar-refractivity contribution >= 4 is 17.3 Å². The van der Waals surface area contributed by atoms with Gasteiger partial charge in [0.25, 0.3) is 0 Å². The van der Waals surface area contributed by atoms with E-state index in [1.54, 1.807) is 0 Å². The monoisotopic (exact) mass is 174 g/mol. The fourth-order valence-corrected chi connectivity index (χ4v) is 1.35. The minimum Gasteiger partial charge on any atom is -0.336 e. The molecule has 2 rings (SSSR count). The van der Waals surface area contributed by atoms with Crippen molar-refractivity contribution in [2.75, 3.05) is 0 Å². The van der Waals surface area contributed by atoms with Crippen LogP contribution in [0.15, 0.2) is 18.2 Å². The maximum atomic E-state index is 10.4. The molecule has 0 saturated carbocycles. The van der Waals surface area contributed by atoms with Crippen molar-refractivity contribution in [1.82, 2.24) is 9.97 Å². The minimum atomic E-state index is 0.392. The van der Waals surface area contributed by atoms with E-state index < -0.39 is 0 Å². The van der Waals surface area contributed by atoms with Gasteiger partial charge in [-0.3, -0.25) is 4.79 Å². The number of imidazole rings is 1. The number of benzene rings is 1. The smallest absolute Gasteiger partial charge is 0.185 e. The van der Waals surface area contributed by atoms with E-state index in [-0.39, 0.29) is 0 Å². The summed E-state index contributed by atoms with van der Waals surface area (Å²) in [5, 5.41) is 0. The molecule has 3 heteroatoms. The Morgan fingerprint density at radius 2 is 2.38 bits per heavy atom. The highest BCUT2D eigenvalue weighted by molar-refractivity contribution is 5.82. The number of H-pyrrole nitrogens is 1. The van der Waals surface area contributed by atoms with Gasteiger partial charge in [0, 0.05) is 0 Å².